The van der Waals surface area contributed by atoms with Crippen molar-refractivity contribution < 1.29 is 9.59 Å². The minimum atomic E-state index is 0.00682. The van der Waals surface area contributed by atoms with Crippen LogP contribution in [0.4, 0.5) is 0 Å². The van der Waals surface area contributed by atoms with E-state index in [-0.39, 0.29) is 17.9 Å². The van der Waals surface area contributed by atoms with E-state index in [1.165, 1.54) is 0 Å². The van der Waals surface area contributed by atoms with Crippen LogP contribution >= 0.6 is 0 Å². The van der Waals surface area contributed by atoms with Crippen molar-refractivity contribution in [2.45, 2.75) is 38.8 Å². The lowest BCUT2D eigenvalue weighted by molar-refractivity contribution is -0.121. The summed E-state index contributed by atoms with van der Waals surface area (Å²) in [4.78, 5) is 29.7. The van der Waals surface area contributed by atoms with Gasteiger partial charge in [0.25, 0.3) is 5.91 Å². The van der Waals surface area contributed by atoms with Gasteiger partial charge < -0.3 is 16.0 Å². The molecule has 3 N–H and O–H groups in total. The van der Waals surface area contributed by atoms with Gasteiger partial charge in [0.15, 0.2) is 0 Å². The molecule has 1 aliphatic heterocycles. The van der Waals surface area contributed by atoms with Crippen LogP contribution < -0.4 is 11.1 Å². The smallest absolute Gasteiger partial charge is 0.253 e. The lowest BCUT2D eigenvalue weighted by Crippen LogP contribution is -2.46. The van der Waals surface area contributed by atoms with Crippen molar-refractivity contribution in [2.75, 3.05) is 13.1 Å². The molecule has 0 spiro atoms. The molecule has 0 aromatic carbocycles. The normalized spacial score (nSPS) is 15.8. The Bertz CT molecular complexity index is 510. The van der Waals surface area contributed by atoms with E-state index in [1.54, 1.807) is 18.3 Å². The van der Waals surface area contributed by atoms with Gasteiger partial charge in [-0.1, -0.05) is 6.92 Å². The van der Waals surface area contributed by atoms with Gasteiger partial charge in [-0.05, 0) is 25.0 Å². The first-order chi connectivity index (χ1) is 10.1. The molecular formula is C15H22N4O2. The predicted octanol–water partition coefficient (Wildman–Crippen LogP) is 0.671. The Morgan fingerprint density at radius 1 is 1.43 bits per heavy atom. The number of nitrogens with one attached hydrogen (secondary N) is 1. The molecule has 114 valence electrons. The second kappa shape index (κ2) is 7.17. The number of nitrogens with zero attached hydrogens (tertiary/aromatic N) is 2. The molecule has 1 fully saturated rings. The average molecular weight is 290 g/mol. The average Bonchev–Trinajstić information content (AvgIpc) is 2.54. The fourth-order valence-electron chi connectivity index (χ4n) is 2.46. The molecule has 0 saturated carbocycles. The van der Waals surface area contributed by atoms with Gasteiger partial charge in [0.2, 0.25) is 5.91 Å². The Balaban J connectivity index is 1.92. The van der Waals surface area contributed by atoms with Crippen molar-refractivity contribution in [3.8, 4) is 0 Å². The van der Waals surface area contributed by atoms with Crippen LogP contribution in [0.3, 0.4) is 0 Å². The van der Waals surface area contributed by atoms with Crippen LogP contribution in [0, 0.1) is 0 Å². The van der Waals surface area contributed by atoms with Crippen LogP contribution in [0.5, 0.6) is 0 Å². The number of amides is 2. The Hall–Kier alpha value is -1.95. The fourth-order valence-corrected chi connectivity index (χ4v) is 2.46. The van der Waals surface area contributed by atoms with Crippen molar-refractivity contribution in [3.63, 3.8) is 0 Å². The molecule has 2 rings (SSSR count). The van der Waals surface area contributed by atoms with Crippen molar-refractivity contribution >= 4 is 11.8 Å². The molecule has 0 radical (unpaired) electrons. The number of hydrogen-bond acceptors (Lipinski definition) is 4. The molecule has 6 heteroatoms. The lowest BCUT2D eigenvalue weighted by Gasteiger charge is -2.32. The van der Waals surface area contributed by atoms with E-state index >= 15 is 0 Å². The molecule has 6 nitrogen and oxygen atoms in total. The van der Waals surface area contributed by atoms with E-state index in [1.807, 2.05) is 11.8 Å². The molecule has 1 aromatic heterocycles. The second-order valence-corrected chi connectivity index (χ2v) is 5.23. The van der Waals surface area contributed by atoms with E-state index in [0.29, 0.717) is 37.3 Å². The van der Waals surface area contributed by atoms with Gasteiger partial charge in [0.1, 0.15) is 0 Å². The number of carbonyl (C=O) groups is 2. The van der Waals surface area contributed by atoms with E-state index in [0.717, 1.165) is 12.8 Å². The summed E-state index contributed by atoms with van der Waals surface area (Å²) >= 11 is 0. The number of piperidine rings is 1. The molecule has 1 aromatic rings. The monoisotopic (exact) mass is 290 g/mol. The van der Waals surface area contributed by atoms with Gasteiger partial charge in [-0.2, -0.15) is 0 Å². The van der Waals surface area contributed by atoms with E-state index in [4.69, 9.17) is 5.73 Å². The summed E-state index contributed by atoms with van der Waals surface area (Å²) in [7, 11) is 0. The van der Waals surface area contributed by atoms with Gasteiger partial charge in [0.05, 0.1) is 5.69 Å². The first-order valence-corrected chi connectivity index (χ1v) is 7.37. The molecule has 0 aliphatic carbocycles. The topological polar surface area (TPSA) is 88.3 Å². The molecule has 2 amide bonds. The number of pyridine rings is 1. The Morgan fingerprint density at radius 3 is 2.76 bits per heavy atom. The van der Waals surface area contributed by atoms with Gasteiger partial charge in [-0.25, -0.2) is 0 Å². The van der Waals surface area contributed by atoms with Crippen LogP contribution in [0.1, 0.15) is 42.2 Å². The standard InChI is InChI=1S/C15H22N4O2/c1-2-14(20)18-12-4-7-19(8-5-12)15(21)11-3-6-17-13(9-11)10-16/h3,6,9,12H,2,4-5,7-8,10,16H2,1H3,(H,18,20). The molecule has 0 unspecified atom stereocenters. The van der Waals surface area contributed by atoms with Crippen molar-refractivity contribution in [3.05, 3.63) is 29.6 Å². The molecule has 0 atom stereocenters. The third-order valence-electron chi connectivity index (χ3n) is 3.74. The third-order valence-corrected chi connectivity index (χ3v) is 3.74. The van der Waals surface area contributed by atoms with Gasteiger partial charge in [0, 0.05) is 43.9 Å². The SMILES string of the molecule is CCC(=O)NC1CCN(C(=O)c2ccnc(CN)c2)CC1. The largest absolute Gasteiger partial charge is 0.353 e. The molecule has 2 heterocycles. The van der Waals surface area contributed by atoms with Crippen molar-refractivity contribution in [1.29, 1.82) is 0 Å². The van der Waals surface area contributed by atoms with Crippen LogP contribution in [0.25, 0.3) is 0 Å². The minimum absolute atomic E-state index is 0.00682. The summed E-state index contributed by atoms with van der Waals surface area (Å²) in [5, 5.41) is 2.98. The molecule has 1 aliphatic rings. The number of aromatic nitrogens is 1. The predicted molar refractivity (Wildman–Crippen MR) is 79.5 cm³/mol. The summed E-state index contributed by atoms with van der Waals surface area (Å²) in [6.07, 6.45) is 3.71. The maximum atomic E-state index is 12.4. The van der Waals surface area contributed by atoms with Crippen molar-refractivity contribution in [2.24, 2.45) is 5.73 Å². The maximum Gasteiger partial charge on any atom is 0.253 e. The molecule has 21 heavy (non-hydrogen) atoms. The highest BCUT2D eigenvalue weighted by atomic mass is 16.2. The summed E-state index contributed by atoms with van der Waals surface area (Å²) in [6.45, 7) is 3.49. The van der Waals surface area contributed by atoms with E-state index in [2.05, 4.69) is 10.3 Å². The zero-order valence-corrected chi connectivity index (χ0v) is 12.3. The number of hydrogen-bond donors (Lipinski definition) is 2. The van der Waals surface area contributed by atoms with Crippen LogP contribution in [0.15, 0.2) is 18.3 Å². The summed E-state index contributed by atoms with van der Waals surface area (Å²) < 4.78 is 0. The minimum Gasteiger partial charge on any atom is -0.353 e. The zero-order chi connectivity index (χ0) is 15.2. The highest BCUT2D eigenvalue weighted by Crippen LogP contribution is 2.14. The Labute approximate surface area is 124 Å². The van der Waals surface area contributed by atoms with Crippen molar-refractivity contribution in [1.82, 2.24) is 15.2 Å². The summed E-state index contributed by atoms with van der Waals surface area (Å²) in [6, 6.07) is 3.64. The highest BCUT2D eigenvalue weighted by Gasteiger charge is 2.24. The van der Waals surface area contributed by atoms with Gasteiger partial charge in [-0.3, -0.25) is 14.6 Å². The van der Waals surface area contributed by atoms with Crippen LogP contribution in [-0.2, 0) is 11.3 Å². The Morgan fingerprint density at radius 2 is 2.14 bits per heavy atom. The quantitative estimate of drug-likeness (QED) is 0.853. The van der Waals surface area contributed by atoms with Gasteiger partial charge >= 0.3 is 0 Å². The van der Waals surface area contributed by atoms with Crippen LogP contribution in [0.2, 0.25) is 0 Å². The molecular weight excluding hydrogens is 268 g/mol. The zero-order valence-electron chi connectivity index (χ0n) is 12.3. The first kappa shape index (κ1) is 15.4. The number of likely N-dealkylation sites (tertiary alicyclic amines) is 1. The number of rotatable bonds is 4. The van der Waals surface area contributed by atoms with E-state index in [9.17, 15) is 9.59 Å². The summed E-state index contributed by atoms with van der Waals surface area (Å²) in [5.74, 6) is 0.0777. The number of nitrogens with two attached hydrogens (primary N) is 1. The second-order valence-electron chi connectivity index (χ2n) is 5.23. The fraction of sp³-hybridized carbons (Fsp3) is 0.533. The van der Waals surface area contributed by atoms with E-state index < -0.39 is 0 Å². The Kier molecular flexibility index (Phi) is 5.27. The molecule has 0 bridgehead atoms. The van der Waals surface area contributed by atoms with Gasteiger partial charge in [-0.15, -0.1) is 0 Å². The third kappa shape index (κ3) is 4.01. The highest BCUT2D eigenvalue weighted by molar-refractivity contribution is 5.94. The number of carbonyl (C=O) groups excluding carboxylic acids is 2. The van der Waals surface area contributed by atoms with Crippen LogP contribution in [-0.4, -0.2) is 40.8 Å². The first-order valence-electron chi connectivity index (χ1n) is 7.37. The maximum absolute atomic E-state index is 12.4. The summed E-state index contributed by atoms with van der Waals surface area (Å²) in [5.41, 5.74) is 6.89. The molecule has 1 saturated heterocycles. The lowest BCUT2D eigenvalue weighted by atomic mass is 10.0.